The molecule has 0 saturated carbocycles. The van der Waals surface area contributed by atoms with Crippen LogP contribution in [0.5, 0.6) is 0 Å². The van der Waals surface area contributed by atoms with Gasteiger partial charge in [-0.2, -0.15) is 0 Å². The normalized spacial score (nSPS) is 12.6. The highest BCUT2D eigenvalue weighted by atomic mass is 16.3. The summed E-state index contributed by atoms with van der Waals surface area (Å²) in [4.78, 5) is 2.18. The van der Waals surface area contributed by atoms with Crippen LogP contribution in [0.1, 0.15) is 24.7 Å². The number of furan rings is 1. The Morgan fingerprint density at radius 1 is 1.15 bits per heavy atom. The molecule has 0 radical (unpaired) electrons. The van der Waals surface area contributed by atoms with Gasteiger partial charge < -0.3 is 14.6 Å². The molecule has 0 fully saturated rings. The number of nitrogens with one attached hydrogen (secondary N) is 1. The predicted molar refractivity (Wildman–Crippen MR) is 83.9 cm³/mol. The summed E-state index contributed by atoms with van der Waals surface area (Å²) in [7, 11) is 4.17. The van der Waals surface area contributed by atoms with Crippen LogP contribution in [-0.2, 0) is 13.0 Å². The van der Waals surface area contributed by atoms with Crippen LogP contribution in [0, 0.1) is 0 Å². The molecule has 1 heterocycles. The van der Waals surface area contributed by atoms with Crippen LogP contribution >= 0.6 is 0 Å². The minimum absolute atomic E-state index is 0.430. The molecule has 2 rings (SSSR count). The predicted octanol–water partition coefficient (Wildman–Crippen LogP) is 3.77. The first-order chi connectivity index (χ1) is 9.63. The largest absolute Gasteiger partial charge is 0.469 e. The van der Waals surface area contributed by atoms with E-state index in [-0.39, 0.29) is 0 Å². The second-order valence-corrected chi connectivity index (χ2v) is 5.60. The van der Waals surface area contributed by atoms with Crippen molar-refractivity contribution >= 4 is 5.69 Å². The minimum atomic E-state index is 0.430. The second-order valence-electron chi connectivity index (χ2n) is 5.60. The third kappa shape index (κ3) is 4.74. The van der Waals surface area contributed by atoms with Gasteiger partial charge in [-0.3, -0.25) is 0 Å². The number of hydrogen-bond donors (Lipinski definition) is 1. The van der Waals surface area contributed by atoms with Crippen LogP contribution in [-0.4, -0.2) is 25.0 Å². The van der Waals surface area contributed by atoms with Gasteiger partial charge in [-0.15, -0.1) is 0 Å². The fourth-order valence-electron chi connectivity index (χ4n) is 2.24. The highest BCUT2D eigenvalue weighted by Gasteiger charge is 2.04. The van der Waals surface area contributed by atoms with Gasteiger partial charge in [-0.25, -0.2) is 0 Å². The highest BCUT2D eigenvalue weighted by molar-refractivity contribution is 5.45. The maximum atomic E-state index is 5.35. The van der Waals surface area contributed by atoms with E-state index in [0.29, 0.717) is 6.04 Å². The number of hydrogen-bond acceptors (Lipinski definition) is 3. The third-order valence-electron chi connectivity index (χ3n) is 3.27. The summed E-state index contributed by atoms with van der Waals surface area (Å²) in [5.74, 6) is 1.06. The molecule has 0 aliphatic rings. The van der Waals surface area contributed by atoms with E-state index in [2.05, 4.69) is 55.5 Å². The maximum Gasteiger partial charge on any atom is 0.103 e. The quantitative estimate of drug-likeness (QED) is 0.831. The Labute approximate surface area is 121 Å². The molecule has 0 saturated heterocycles. The van der Waals surface area contributed by atoms with E-state index in [1.54, 1.807) is 6.26 Å². The summed E-state index contributed by atoms with van der Waals surface area (Å²) < 4.78 is 5.35. The Kier molecular flexibility index (Phi) is 5.24. The van der Waals surface area contributed by atoms with E-state index >= 15 is 0 Å². The first kappa shape index (κ1) is 14.7. The lowest BCUT2D eigenvalue weighted by Gasteiger charge is -2.15. The van der Waals surface area contributed by atoms with Crippen molar-refractivity contribution < 1.29 is 4.42 Å². The number of nitrogens with zero attached hydrogens (tertiary/aromatic N) is 1. The SMILES string of the molecule is CC(CCc1ccco1)Nc1ccc(CN(C)C)cc1. The molecule has 1 unspecified atom stereocenters. The molecule has 0 aliphatic carbocycles. The van der Waals surface area contributed by atoms with Crippen molar-refractivity contribution in [2.75, 3.05) is 19.4 Å². The molecule has 0 aliphatic heterocycles. The third-order valence-corrected chi connectivity index (χ3v) is 3.27. The first-order valence-electron chi connectivity index (χ1n) is 7.16. The molecule has 0 spiro atoms. The van der Waals surface area contributed by atoms with E-state index in [9.17, 15) is 0 Å². The lowest BCUT2D eigenvalue weighted by Crippen LogP contribution is -2.16. The number of anilines is 1. The van der Waals surface area contributed by atoms with Gasteiger partial charge >= 0.3 is 0 Å². The smallest absolute Gasteiger partial charge is 0.103 e. The zero-order chi connectivity index (χ0) is 14.4. The van der Waals surface area contributed by atoms with Crippen LogP contribution < -0.4 is 5.32 Å². The summed E-state index contributed by atoms with van der Waals surface area (Å²) in [6, 6.07) is 13.1. The Morgan fingerprint density at radius 3 is 2.50 bits per heavy atom. The fourth-order valence-corrected chi connectivity index (χ4v) is 2.24. The van der Waals surface area contributed by atoms with Crippen LogP contribution in [0.2, 0.25) is 0 Å². The lowest BCUT2D eigenvalue weighted by molar-refractivity contribution is 0.402. The Bertz CT molecular complexity index is 488. The monoisotopic (exact) mass is 272 g/mol. The van der Waals surface area contributed by atoms with Crippen molar-refractivity contribution in [3.05, 3.63) is 54.0 Å². The second kappa shape index (κ2) is 7.15. The van der Waals surface area contributed by atoms with E-state index in [1.807, 2.05) is 12.1 Å². The standard InChI is InChI=1S/C17H24N2O/c1-14(6-11-17-5-4-12-20-17)18-16-9-7-15(8-10-16)13-19(2)3/h4-5,7-10,12,14,18H,6,11,13H2,1-3H3. The van der Waals surface area contributed by atoms with Crippen LogP contribution in [0.3, 0.4) is 0 Å². The van der Waals surface area contributed by atoms with Crippen molar-refractivity contribution in [1.29, 1.82) is 0 Å². The molecule has 1 atom stereocenters. The highest BCUT2D eigenvalue weighted by Crippen LogP contribution is 2.14. The van der Waals surface area contributed by atoms with Crippen LogP contribution in [0.4, 0.5) is 5.69 Å². The molecule has 20 heavy (non-hydrogen) atoms. The van der Waals surface area contributed by atoms with E-state index in [4.69, 9.17) is 4.42 Å². The Balaban J connectivity index is 1.80. The van der Waals surface area contributed by atoms with Gasteiger partial charge in [0.1, 0.15) is 5.76 Å². The molecule has 1 aromatic carbocycles. The number of aryl methyl sites for hydroxylation is 1. The zero-order valence-electron chi connectivity index (χ0n) is 12.6. The minimum Gasteiger partial charge on any atom is -0.469 e. The van der Waals surface area contributed by atoms with Crippen molar-refractivity contribution in [2.24, 2.45) is 0 Å². The van der Waals surface area contributed by atoms with Gasteiger partial charge in [-0.05, 0) is 57.3 Å². The number of benzene rings is 1. The summed E-state index contributed by atoms with van der Waals surface area (Å²) in [5, 5.41) is 3.53. The summed E-state index contributed by atoms with van der Waals surface area (Å²) in [6.45, 7) is 3.19. The van der Waals surface area contributed by atoms with E-state index in [0.717, 1.165) is 25.1 Å². The van der Waals surface area contributed by atoms with Gasteiger partial charge in [0, 0.05) is 24.7 Å². The summed E-state index contributed by atoms with van der Waals surface area (Å²) in [5.41, 5.74) is 2.52. The molecule has 3 heteroatoms. The summed E-state index contributed by atoms with van der Waals surface area (Å²) in [6.07, 6.45) is 3.77. The lowest BCUT2D eigenvalue weighted by atomic mass is 10.1. The fraction of sp³-hybridized carbons (Fsp3) is 0.412. The molecule has 1 aromatic heterocycles. The van der Waals surface area contributed by atoms with E-state index < -0.39 is 0 Å². The first-order valence-corrected chi connectivity index (χ1v) is 7.16. The number of rotatable bonds is 7. The van der Waals surface area contributed by atoms with Gasteiger partial charge in [-0.1, -0.05) is 12.1 Å². The maximum absolute atomic E-state index is 5.35. The molecule has 0 bridgehead atoms. The average Bonchev–Trinajstić information content (AvgIpc) is 2.91. The molecule has 0 amide bonds. The molecule has 3 nitrogen and oxygen atoms in total. The summed E-state index contributed by atoms with van der Waals surface area (Å²) >= 11 is 0. The van der Waals surface area contributed by atoms with Gasteiger partial charge in [0.15, 0.2) is 0 Å². The molecular weight excluding hydrogens is 248 g/mol. The van der Waals surface area contributed by atoms with Crippen molar-refractivity contribution in [3.63, 3.8) is 0 Å². The van der Waals surface area contributed by atoms with Gasteiger partial charge in [0.25, 0.3) is 0 Å². The zero-order valence-corrected chi connectivity index (χ0v) is 12.6. The van der Waals surface area contributed by atoms with Crippen molar-refractivity contribution in [2.45, 2.75) is 32.4 Å². The van der Waals surface area contributed by atoms with Crippen molar-refractivity contribution in [1.82, 2.24) is 4.90 Å². The van der Waals surface area contributed by atoms with Crippen molar-refractivity contribution in [3.8, 4) is 0 Å². The van der Waals surface area contributed by atoms with Crippen LogP contribution in [0.15, 0.2) is 47.1 Å². The van der Waals surface area contributed by atoms with Crippen LogP contribution in [0.25, 0.3) is 0 Å². The Morgan fingerprint density at radius 2 is 1.90 bits per heavy atom. The Hall–Kier alpha value is -1.74. The topological polar surface area (TPSA) is 28.4 Å². The van der Waals surface area contributed by atoms with Gasteiger partial charge in [0.2, 0.25) is 0 Å². The molecule has 2 aromatic rings. The average molecular weight is 272 g/mol. The van der Waals surface area contributed by atoms with E-state index in [1.165, 1.54) is 11.3 Å². The molecule has 108 valence electrons. The molecular formula is C17H24N2O. The molecule has 1 N–H and O–H groups in total. The van der Waals surface area contributed by atoms with Gasteiger partial charge in [0.05, 0.1) is 6.26 Å².